The zero-order chi connectivity index (χ0) is 10.1. The van der Waals surface area contributed by atoms with Gasteiger partial charge in [-0.1, -0.05) is 20.8 Å². The molecule has 0 aromatic heterocycles. The van der Waals surface area contributed by atoms with Crippen molar-refractivity contribution in [2.75, 3.05) is 26.7 Å². The molecule has 1 aliphatic heterocycles. The fraction of sp³-hybridized carbons (Fsp3) is 1.00. The summed E-state index contributed by atoms with van der Waals surface area (Å²) < 4.78 is 5.36. The normalized spacial score (nSPS) is 24.5. The first kappa shape index (κ1) is 12.9. The van der Waals surface area contributed by atoms with E-state index in [4.69, 9.17) is 4.74 Å². The lowest BCUT2D eigenvalue weighted by Gasteiger charge is -2.21. The topological polar surface area (TPSA) is 12.5 Å². The Morgan fingerprint density at radius 2 is 2.00 bits per heavy atom. The maximum Gasteiger partial charge on any atom is 0.0698 e. The molecule has 80 valence electrons. The SMILES string of the molecule is CC.CCN1CCCC[C@@H](OC)C1. The van der Waals surface area contributed by atoms with Gasteiger partial charge in [-0.05, 0) is 32.4 Å². The van der Waals surface area contributed by atoms with Crippen molar-refractivity contribution in [1.29, 1.82) is 0 Å². The van der Waals surface area contributed by atoms with Gasteiger partial charge in [-0.3, -0.25) is 0 Å². The standard InChI is InChI=1S/C9H19NO.C2H6/c1-3-10-7-5-4-6-9(8-10)11-2;1-2/h9H,3-8H2,1-2H3;1-2H3/t9-;/m1./s1. The highest BCUT2D eigenvalue weighted by Crippen LogP contribution is 2.11. The predicted molar refractivity (Wildman–Crippen MR) is 58.1 cm³/mol. The number of likely N-dealkylation sites (N-methyl/N-ethyl adjacent to an activating group) is 1. The van der Waals surface area contributed by atoms with Gasteiger partial charge < -0.3 is 9.64 Å². The molecule has 0 spiro atoms. The molecule has 1 heterocycles. The lowest BCUT2D eigenvalue weighted by Crippen LogP contribution is -2.31. The summed E-state index contributed by atoms with van der Waals surface area (Å²) in [6.07, 6.45) is 4.40. The maximum absolute atomic E-state index is 5.36. The Hall–Kier alpha value is -0.0800. The van der Waals surface area contributed by atoms with Crippen molar-refractivity contribution in [3.8, 4) is 0 Å². The summed E-state index contributed by atoms with van der Waals surface area (Å²) in [5.74, 6) is 0. The molecule has 1 rings (SSSR count). The Morgan fingerprint density at radius 1 is 1.31 bits per heavy atom. The zero-order valence-electron chi connectivity index (χ0n) is 9.68. The highest BCUT2D eigenvalue weighted by atomic mass is 16.5. The number of methoxy groups -OCH3 is 1. The van der Waals surface area contributed by atoms with Crippen LogP contribution in [0.4, 0.5) is 0 Å². The number of nitrogens with zero attached hydrogens (tertiary/aromatic N) is 1. The van der Waals surface area contributed by atoms with Crippen LogP contribution in [0.15, 0.2) is 0 Å². The van der Waals surface area contributed by atoms with E-state index in [1.807, 2.05) is 21.0 Å². The van der Waals surface area contributed by atoms with E-state index in [9.17, 15) is 0 Å². The van der Waals surface area contributed by atoms with E-state index < -0.39 is 0 Å². The van der Waals surface area contributed by atoms with Gasteiger partial charge in [-0.15, -0.1) is 0 Å². The molecule has 0 aromatic rings. The summed E-state index contributed by atoms with van der Waals surface area (Å²) in [7, 11) is 1.82. The molecule has 1 fully saturated rings. The van der Waals surface area contributed by atoms with Crippen LogP contribution in [0.1, 0.15) is 40.0 Å². The van der Waals surface area contributed by atoms with Gasteiger partial charge in [0.15, 0.2) is 0 Å². The molecule has 0 amide bonds. The summed E-state index contributed by atoms with van der Waals surface area (Å²) in [6, 6.07) is 0. The summed E-state index contributed by atoms with van der Waals surface area (Å²) >= 11 is 0. The van der Waals surface area contributed by atoms with E-state index in [0.717, 1.165) is 6.54 Å². The second-order valence-electron chi connectivity index (χ2n) is 3.25. The molecule has 0 N–H and O–H groups in total. The molecule has 1 aliphatic rings. The lowest BCUT2D eigenvalue weighted by atomic mass is 10.2. The molecule has 1 saturated heterocycles. The predicted octanol–water partition coefficient (Wildman–Crippen LogP) is 2.53. The van der Waals surface area contributed by atoms with E-state index in [2.05, 4.69) is 11.8 Å². The summed E-state index contributed by atoms with van der Waals surface area (Å²) in [6.45, 7) is 9.78. The largest absolute Gasteiger partial charge is 0.380 e. The molecule has 13 heavy (non-hydrogen) atoms. The molecule has 0 saturated carbocycles. The summed E-state index contributed by atoms with van der Waals surface area (Å²) in [5.41, 5.74) is 0. The molecule has 2 nitrogen and oxygen atoms in total. The minimum atomic E-state index is 0.484. The van der Waals surface area contributed by atoms with Crippen LogP contribution in [0.2, 0.25) is 0 Å². The minimum Gasteiger partial charge on any atom is -0.380 e. The molecule has 0 radical (unpaired) electrons. The van der Waals surface area contributed by atoms with E-state index in [1.165, 1.54) is 32.4 Å². The minimum absolute atomic E-state index is 0.484. The molecule has 1 atom stereocenters. The Bertz CT molecular complexity index is 94.3. The number of hydrogen-bond acceptors (Lipinski definition) is 2. The van der Waals surface area contributed by atoms with Crippen LogP contribution in [-0.2, 0) is 4.74 Å². The van der Waals surface area contributed by atoms with Crippen LogP contribution < -0.4 is 0 Å². The molecular weight excluding hydrogens is 162 g/mol. The second kappa shape index (κ2) is 8.52. The number of ether oxygens (including phenoxy) is 1. The van der Waals surface area contributed by atoms with E-state index in [-0.39, 0.29) is 0 Å². The van der Waals surface area contributed by atoms with E-state index in [0.29, 0.717) is 6.10 Å². The van der Waals surface area contributed by atoms with Crippen molar-refractivity contribution in [2.45, 2.75) is 46.1 Å². The average molecular weight is 187 g/mol. The van der Waals surface area contributed by atoms with Crippen molar-refractivity contribution in [2.24, 2.45) is 0 Å². The third-order valence-electron chi connectivity index (χ3n) is 2.49. The van der Waals surface area contributed by atoms with E-state index in [1.54, 1.807) is 0 Å². The Labute approximate surface area is 83.3 Å². The first-order chi connectivity index (χ1) is 6.36. The van der Waals surface area contributed by atoms with E-state index >= 15 is 0 Å². The number of rotatable bonds is 2. The van der Waals surface area contributed by atoms with Gasteiger partial charge >= 0.3 is 0 Å². The molecule has 2 heteroatoms. The van der Waals surface area contributed by atoms with Crippen LogP contribution >= 0.6 is 0 Å². The van der Waals surface area contributed by atoms with Crippen molar-refractivity contribution in [3.63, 3.8) is 0 Å². The highest BCUT2D eigenvalue weighted by Gasteiger charge is 2.15. The van der Waals surface area contributed by atoms with Gasteiger partial charge in [0.05, 0.1) is 6.10 Å². The van der Waals surface area contributed by atoms with Crippen molar-refractivity contribution < 1.29 is 4.74 Å². The third-order valence-corrected chi connectivity index (χ3v) is 2.49. The van der Waals surface area contributed by atoms with Gasteiger partial charge in [-0.25, -0.2) is 0 Å². The molecule has 0 aromatic carbocycles. The number of hydrogen-bond donors (Lipinski definition) is 0. The fourth-order valence-corrected chi connectivity index (χ4v) is 1.66. The Morgan fingerprint density at radius 3 is 2.54 bits per heavy atom. The van der Waals surface area contributed by atoms with Crippen molar-refractivity contribution in [1.82, 2.24) is 4.90 Å². The first-order valence-corrected chi connectivity index (χ1v) is 5.62. The van der Waals surface area contributed by atoms with Gasteiger partial charge in [-0.2, -0.15) is 0 Å². The lowest BCUT2D eigenvalue weighted by molar-refractivity contribution is 0.0704. The maximum atomic E-state index is 5.36. The summed E-state index contributed by atoms with van der Waals surface area (Å²) in [4.78, 5) is 2.47. The number of likely N-dealkylation sites (tertiary alicyclic amines) is 1. The summed E-state index contributed by atoms with van der Waals surface area (Å²) in [5, 5.41) is 0. The van der Waals surface area contributed by atoms with Gasteiger partial charge in [0.1, 0.15) is 0 Å². The molecule has 0 unspecified atom stereocenters. The Kier molecular flexibility index (Phi) is 8.46. The molecule has 0 bridgehead atoms. The smallest absolute Gasteiger partial charge is 0.0698 e. The fourth-order valence-electron chi connectivity index (χ4n) is 1.66. The molecular formula is C11H25NO. The van der Waals surface area contributed by atoms with Crippen molar-refractivity contribution >= 4 is 0 Å². The average Bonchev–Trinajstić information content (AvgIpc) is 2.45. The van der Waals surface area contributed by atoms with Crippen LogP contribution in [-0.4, -0.2) is 37.7 Å². The third kappa shape index (κ3) is 5.27. The highest BCUT2D eigenvalue weighted by molar-refractivity contribution is 4.69. The van der Waals surface area contributed by atoms with Gasteiger partial charge in [0.2, 0.25) is 0 Å². The zero-order valence-corrected chi connectivity index (χ0v) is 9.68. The van der Waals surface area contributed by atoms with Gasteiger partial charge in [0, 0.05) is 13.7 Å². The van der Waals surface area contributed by atoms with Crippen LogP contribution in [0.5, 0.6) is 0 Å². The van der Waals surface area contributed by atoms with Gasteiger partial charge in [0.25, 0.3) is 0 Å². The Balaban J connectivity index is 0.000000671. The quantitative estimate of drug-likeness (QED) is 0.658. The van der Waals surface area contributed by atoms with Crippen LogP contribution in [0.3, 0.4) is 0 Å². The first-order valence-electron chi connectivity index (χ1n) is 5.62. The monoisotopic (exact) mass is 187 g/mol. The van der Waals surface area contributed by atoms with Crippen LogP contribution in [0, 0.1) is 0 Å². The second-order valence-corrected chi connectivity index (χ2v) is 3.25. The van der Waals surface area contributed by atoms with Crippen molar-refractivity contribution in [3.05, 3.63) is 0 Å². The van der Waals surface area contributed by atoms with Crippen LogP contribution in [0.25, 0.3) is 0 Å². The molecule has 0 aliphatic carbocycles.